The number of hydrogen-bond acceptors (Lipinski definition) is 5. The van der Waals surface area contributed by atoms with Gasteiger partial charge in [-0.1, -0.05) is 30.7 Å². The molecule has 1 saturated carbocycles. The summed E-state index contributed by atoms with van der Waals surface area (Å²) in [6, 6.07) is 8.65. The van der Waals surface area contributed by atoms with Gasteiger partial charge in [0.25, 0.3) is 0 Å². The van der Waals surface area contributed by atoms with Crippen LogP contribution in [0.3, 0.4) is 0 Å². The Morgan fingerprint density at radius 1 is 0.974 bits per heavy atom. The highest BCUT2D eigenvalue weighted by molar-refractivity contribution is 7.89. The average Bonchev–Trinajstić information content (AvgIpc) is 3.17. The number of fused-ring (bicyclic) bond motifs is 3. The van der Waals surface area contributed by atoms with Crippen molar-refractivity contribution in [2.75, 3.05) is 13.1 Å². The number of ether oxygens (including phenoxy) is 2. The van der Waals surface area contributed by atoms with Gasteiger partial charge >= 0.3 is 5.97 Å². The molecule has 5 rings (SSSR count). The first kappa shape index (κ1) is 28.6. The molecule has 1 aromatic carbocycles. The lowest BCUT2D eigenvalue weighted by Gasteiger charge is -2.49. The van der Waals surface area contributed by atoms with Crippen molar-refractivity contribution in [3.05, 3.63) is 52.6 Å². The number of allylic oxidation sites excluding steroid dienone is 1. The van der Waals surface area contributed by atoms with Crippen LogP contribution >= 0.6 is 0 Å². The molecule has 1 fully saturated rings. The molecule has 0 spiro atoms. The minimum absolute atomic E-state index is 0.0260. The molecule has 1 heterocycles. The first-order valence-corrected chi connectivity index (χ1v) is 15.9. The van der Waals surface area contributed by atoms with Crippen molar-refractivity contribution in [3.8, 4) is 0 Å². The van der Waals surface area contributed by atoms with Crippen LogP contribution in [0.2, 0.25) is 0 Å². The zero-order chi connectivity index (χ0) is 28.4. The van der Waals surface area contributed by atoms with Crippen LogP contribution in [-0.2, 0) is 24.3 Å². The molecule has 1 aliphatic heterocycles. The Kier molecular flexibility index (Phi) is 7.21. The Balaban J connectivity index is 1.53. The van der Waals surface area contributed by atoms with E-state index in [1.807, 2.05) is 26.8 Å². The lowest BCUT2D eigenvalue weighted by atomic mass is 9.59. The number of carbonyl (C=O) groups is 1. The fourth-order valence-electron chi connectivity index (χ4n) is 7.43. The second-order valence-electron chi connectivity index (χ2n) is 14.1. The number of nitrogens with zero attached hydrogens (tertiary/aromatic N) is 1. The molecule has 4 aliphatic rings. The van der Waals surface area contributed by atoms with Gasteiger partial charge in [-0.05, 0) is 115 Å². The molecular formula is C32H45NO5S. The Morgan fingerprint density at radius 2 is 1.67 bits per heavy atom. The van der Waals surface area contributed by atoms with Crippen molar-refractivity contribution in [3.63, 3.8) is 0 Å². The molecule has 0 unspecified atom stereocenters. The molecular weight excluding hydrogens is 510 g/mol. The summed E-state index contributed by atoms with van der Waals surface area (Å²) in [6.45, 7) is 15.3. The third-order valence-corrected chi connectivity index (χ3v) is 10.9. The molecule has 1 aromatic rings. The first-order chi connectivity index (χ1) is 18.1. The maximum Gasteiger partial charge on any atom is 0.313 e. The second kappa shape index (κ2) is 9.85. The van der Waals surface area contributed by atoms with Crippen LogP contribution in [0, 0.1) is 17.3 Å². The van der Waals surface area contributed by atoms with Crippen molar-refractivity contribution < 1.29 is 22.7 Å². The van der Waals surface area contributed by atoms with Gasteiger partial charge in [-0.3, -0.25) is 4.79 Å². The quantitative estimate of drug-likeness (QED) is 0.401. The Bertz CT molecular complexity index is 1300. The highest BCUT2D eigenvalue weighted by Crippen LogP contribution is 2.60. The Morgan fingerprint density at radius 3 is 2.31 bits per heavy atom. The first-order valence-electron chi connectivity index (χ1n) is 14.5. The molecule has 7 heteroatoms. The minimum atomic E-state index is -3.61. The van der Waals surface area contributed by atoms with Crippen LogP contribution in [0.25, 0.3) is 0 Å². The maximum absolute atomic E-state index is 13.8. The second-order valence-corrected chi connectivity index (χ2v) is 16.0. The molecule has 0 N–H and O–H groups in total. The van der Waals surface area contributed by atoms with Gasteiger partial charge in [-0.2, -0.15) is 4.31 Å². The van der Waals surface area contributed by atoms with Crippen LogP contribution in [-0.4, -0.2) is 49.1 Å². The van der Waals surface area contributed by atoms with Gasteiger partial charge in [-0.25, -0.2) is 8.42 Å². The third-order valence-electron chi connectivity index (χ3n) is 9.05. The van der Waals surface area contributed by atoms with E-state index in [4.69, 9.17) is 9.47 Å². The summed E-state index contributed by atoms with van der Waals surface area (Å²) >= 11 is 0. The van der Waals surface area contributed by atoms with Crippen LogP contribution in [0.5, 0.6) is 0 Å². The van der Waals surface area contributed by atoms with E-state index in [9.17, 15) is 13.2 Å². The summed E-state index contributed by atoms with van der Waals surface area (Å²) < 4.78 is 41.1. The number of carbonyl (C=O) groups excluding carboxylic acids is 1. The van der Waals surface area contributed by atoms with Crippen LogP contribution in [0.1, 0.15) is 87.0 Å². The highest BCUT2D eigenvalue weighted by atomic mass is 32.2. The molecule has 6 nitrogen and oxygen atoms in total. The molecule has 39 heavy (non-hydrogen) atoms. The molecule has 3 aliphatic carbocycles. The summed E-state index contributed by atoms with van der Waals surface area (Å²) in [4.78, 5) is 14.1. The number of hydrogen-bond donors (Lipinski definition) is 0. The topological polar surface area (TPSA) is 72.9 Å². The van der Waals surface area contributed by atoms with Gasteiger partial charge in [0.1, 0.15) is 5.60 Å². The lowest BCUT2D eigenvalue weighted by molar-refractivity contribution is -0.159. The molecule has 214 valence electrons. The van der Waals surface area contributed by atoms with Crippen molar-refractivity contribution in [1.82, 2.24) is 4.31 Å². The van der Waals surface area contributed by atoms with Crippen LogP contribution in [0.15, 0.2) is 57.5 Å². The zero-order valence-electron chi connectivity index (χ0n) is 24.7. The summed E-state index contributed by atoms with van der Waals surface area (Å²) in [5.74, 6) is -0.296. The predicted octanol–water partition coefficient (Wildman–Crippen LogP) is 6.43. The average molecular weight is 556 g/mol. The van der Waals surface area contributed by atoms with Crippen molar-refractivity contribution in [1.29, 1.82) is 0 Å². The molecule has 0 saturated heterocycles. The number of benzene rings is 1. The van der Waals surface area contributed by atoms with Crippen LogP contribution < -0.4 is 0 Å². The summed E-state index contributed by atoms with van der Waals surface area (Å²) in [6.07, 6.45) is 5.28. The normalized spacial score (nSPS) is 30.1. The van der Waals surface area contributed by atoms with Crippen molar-refractivity contribution >= 4 is 16.0 Å². The largest absolute Gasteiger partial charge is 0.459 e. The van der Waals surface area contributed by atoms with Crippen molar-refractivity contribution in [2.45, 2.75) is 109 Å². The lowest BCUT2D eigenvalue weighted by Crippen LogP contribution is -2.46. The van der Waals surface area contributed by atoms with E-state index in [1.54, 1.807) is 28.6 Å². The van der Waals surface area contributed by atoms with Gasteiger partial charge in [0.05, 0.1) is 22.5 Å². The smallest absolute Gasteiger partial charge is 0.313 e. The number of sulfonamides is 1. The third kappa shape index (κ3) is 5.39. The Labute approximate surface area is 234 Å². The zero-order valence-corrected chi connectivity index (χ0v) is 25.5. The van der Waals surface area contributed by atoms with E-state index < -0.39 is 15.6 Å². The monoisotopic (exact) mass is 555 g/mol. The van der Waals surface area contributed by atoms with E-state index in [-0.39, 0.29) is 34.9 Å². The summed E-state index contributed by atoms with van der Waals surface area (Å²) in [5.41, 5.74) is 4.11. The maximum atomic E-state index is 13.8. The van der Waals surface area contributed by atoms with Crippen LogP contribution in [0.4, 0.5) is 0 Å². The minimum Gasteiger partial charge on any atom is -0.459 e. The van der Waals surface area contributed by atoms with Gasteiger partial charge in [0.15, 0.2) is 0 Å². The Hall–Kier alpha value is -1.96. The van der Waals surface area contributed by atoms with E-state index in [0.717, 1.165) is 31.3 Å². The fourth-order valence-corrected chi connectivity index (χ4v) is 8.89. The highest BCUT2D eigenvalue weighted by Gasteiger charge is 2.55. The molecule has 0 bridgehead atoms. The van der Waals surface area contributed by atoms with Gasteiger partial charge in [-0.15, -0.1) is 0 Å². The molecule has 0 radical (unpaired) electrons. The van der Waals surface area contributed by atoms with E-state index in [0.29, 0.717) is 30.8 Å². The predicted molar refractivity (Wildman–Crippen MR) is 153 cm³/mol. The van der Waals surface area contributed by atoms with Gasteiger partial charge in [0.2, 0.25) is 10.0 Å². The summed E-state index contributed by atoms with van der Waals surface area (Å²) in [7, 11) is -3.61. The van der Waals surface area contributed by atoms with E-state index in [2.05, 4.69) is 27.7 Å². The molecule has 4 atom stereocenters. The van der Waals surface area contributed by atoms with E-state index in [1.165, 1.54) is 16.7 Å². The standard InChI is InChI=1S/C32H45NO5S/c1-30(2,3)37-27-14-13-26-28-24(15-17-32(26,27)7)23-16-18-33(39(35,36)22-11-9-8-10-12-22)20-21(23)19-25(28)29(34)38-31(4,5)6/h8-12,25-27H,13-20H2,1-7H3/t25-,26+,27-,32-/m0/s1. The molecule has 0 amide bonds. The van der Waals surface area contributed by atoms with Gasteiger partial charge < -0.3 is 9.47 Å². The SMILES string of the molecule is CC(C)(C)OC(=O)[C@H]1CC2=C(CCN(S(=O)(=O)c3ccccc3)C2)C2=C1[C@H]1CC[C@H](OC(C)(C)C)[C@@]1(C)CC2. The fraction of sp³-hybridized carbons (Fsp3) is 0.656. The summed E-state index contributed by atoms with van der Waals surface area (Å²) in [5, 5.41) is 0. The molecule has 0 aromatic heterocycles. The van der Waals surface area contributed by atoms with Gasteiger partial charge in [0, 0.05) is 18.5 Å². The number of esters is 1. The van der Waals surface area contributed by atoms with E-state index >= 15 is 0 Å². The van der Waals surface area contributed by atoms with Crippen molar-refractivity contribution in [2.24, 2.45) is 17.3 Å². The number of rotatable bonds is 4.